The lowest BCUT2D eigenvalue weighted by molar-refractivity contribution is 0.0716. The van der Waals surface area contributed by atoms with Gasteiger partial charge in [-0.25, -0.2) is 14.4 Å². The molecule has 1 aliphatic carbocycles. The van der Waals surface area contributed by atoms with E-state index in [1.165, 1.54) is 12.1 Å². The Labute approximate surface area is 164 Å². The molecule has 4 atom stereocenters. The lowest BCUT2D eigenvalue weighted by atomic mass is 9.88. The molecule has 0 spiro atoms. The van der Waals surface area contributed by atoms with E-state index < -0.39 is 6.10 Å². The van der Waals surface area contributed by atoms with Crippen molar-refractivity contribution < 1.29 is 19.3 Å². The van der Waals surface area contributed by atoms with E-state index in [4.69, 9.17) is 4.74 Å². The van der Waals surface area contributed by atoms with Crippen LogP contribution in [0.3, 0.4) is 0 Å². The Morgan fingerprint density at radius 2 is 2.14 bits per heavy atom. The number of halogens is 1. The number of hydrogen-bond donors (Lipinski definition) is 3. The molecule has 3 rings (SSSR count). The van der Waals surface area contributed by atoms with Crippen LogP contribution in [0.5, 0.6) is 0 Å². The van der Waals surface area contributed by atoms with Crippen LogP contribution in [0.15, 0.2) is 36.5 Å². The first kappa shape index (κ1) is 20.8. The van der Waals surface area contributed by atoms with E-state index >= 15 is 0 Å². The van der Waals surface area contributed by atoms with Gasteiger partial charge in [-0.15, -0.1) is 0 Å². The molecule has 3 N–H and O–H groups in total. The quantitative estimate of drug-likeness (QED) is 0.602. The zero-order valence-corrected chi connectivity index (χ0v) is 16.1. The molecule has 28 heavy (non-hydrogen) atoms. The van der Waals surface area contributed by atoms with E-state index in [1.54, 1.807) is 19.4 Å². The highest BCUT2D eigenvalue weighted by atomic mass is 19.1. The van der Waals surface area contributed by atoms with E-state index in [0.717, 1.165) is 17.1 Å². The largest absolute Gasteiger partial charge is 0.396 e. The first-order chi connectivity index (χ1) is 13.6. The summed E-state index contributed by atoms with van der Waals surface area (Å²) in [6.07, 6.45) is 2.98. The third kappa shape index (κ3) is 5.32. The molecule has 1 aromatic heterocycles. The maximum Gasteiger partial charge on any atom is 0.130 e. The molecule has 1 aromatic carbocycles. The van der Waals surface area contributed by atoms with Crippen LogP contribution in [0.1, 0.15) is 23.5 Å². The molecule has 6 nitrogen and oxygen atoms in total. The molecular formula is C21H28FN3O3. The number of aliphatic hydroxyl groups is 2. The second-order valence-electron chi connectivity index (χ2n) is 7.34. The average molecular weight is 389 g/mol. The van der Waals surface area contributed by atoms with Crippen molar-refractivity contribution in [2.75, 3.05) is 20.3 Å². The number of aromatic nitrogens is 2. The molecule has 0 radical (unpaired) electrons. The van der Waals surface area contributed by atoms with Gasteiger partial charge in [0.25, 0.3) is 0 Å². The number of rotatable bonds is 9. The zero-order valence-electron chi connectivity index (χ0n) is 16.1. The van der Waals surface area contributed by atoms with Gasteiger partial charge >= 0.3 is 0 Å². The standard InChI is InChI=1S/C21H28FN3O3/c1-28-8-6-21-23-7-5-16(25-21)10-17-18(13-26)20(27)11-19(17)24-12-14-3-2-4-15(22)9-14/h2-5,7,9,17-20,24,26-27H,6,8,10-13H2,1H3. The summed E-state index contributed by atoms with van der Waals surface area (Å²) in [5, 5.41) is 23.7. The maximum absolute atomic E-state index is 13.4. The topological polar surface area (TPSA) is 87.5 Å². The summed E-state index contributed by atoms with van der Waals surface area (Å²) < 4.78 is 18.5. The van der Waals surface area contributed by atoms with E-state index in [1.807, 2.05) is 12.1 Å². The molecule has 0 bridgehead atoms. The molecule has 1 heterocycles. The van der Waals surface area contributed by atoms with Crippen LogP contribution in [0.25, 0.3) is 0 Å². The van der Waals surface area contributed by atoms with Gasteiger partial charge in [0.2, 0.25) is 0 Å². The summed E-state index contributed by atoms with van der Waals surface area (Å²) in [6.45, 7) is 0.987. The second-order valence-corrected chi connectivity index (χ2v) is 7.34. The summed E-state index contributed by atoms with van der Waals surface area (Å²) in [5.41, 5.74) is 1.74. The second kappa shape index (κ2) is 10.0. The maximum atomic E-state index is 13.4. The van der Waals surface area contributed by atoms with E-state index in [2.05, 4.69) is 15.3 Å². The highest BCUT2D eigenvalue weighted by Gasteiger charge is 2.41. The minimum absolute atomic E-state index is 0.00723. The summed E-state index contributed by atoms with van der Waals surface area (Å²) in [6, 6.07) is 8.36. The Balaban J connectivity index is 1.69. The number of ether oxygens (including phenoxy) is 1. The SMILES string of the molecule is COCCc1nccc(CC2C(NCc3cccc(F)c3)CC(O)C2CO)n1. The fraction of sp³-hybridized carbons (Fsp3) is 0.524. The minimum Gasteiger partial charge on any atom is -0.396 e. The van der Waals surface area contributed by atoms with Gasteiger partial charge in [0.15, 0.2) is 0 Å². The Hall–Kier alpha value is -1.93. The van der Waals surface area contributed by atoms with Gasteiger partial charge in [0.1, 0.15) is 11.6 Å². The number of benzene rings is 1. The molecule has 7 heteroatoms. The van der Waals surface area contributed by atoms with Crippen LogP contribution in [0.2, 0.25) is 0 Å². The number of nitrogens with zero attached hydrogens (tertiary/aromatic N) is 2. The lowest BCUT2D eigenvalue weighted by Gasteiger charge is -2.25. The lowest BCUT2D eigenvalue weighted by Crippen LogP contribution is -2.36. The van der Waals surface area contributed by atoms with E-state index in [-0.39, 0.29) is 30.3 Å². The van der Waals surface area contributed by atoms with Crippen LogP contribution in [0, 0.1) is 17.7 Å². The molecule has 0 amide bonds. The van der Waals surface area contributed by atoms with Crippen LogP contribution >= 0.6 is 0 Å². The van der Waals surface area contributed by atoms with Crippen LogP contribution < -0.4 is 5.32 Å². The van der Waals surface area contributed by atoms with Crippen molar-refractivity contribution in [2.24, 2.45) is 11.8 Å². The third-order valence-electron chi connectivity index (χ3n) is 5.46. The van der Waals surface area contributed by atoms with Gasteiger partial charge in [-0.1, -0.05) is 12.1 Å². The van der Waals surface area contributed by atoms with Crippen molar-refractivity contribution in [1.29, 1.82) is 0 Å². The summed E-state index contributed by atoms with van der Waals surface area (Å²) in [7, 11) is 1.64. The number of hydrogen-bond acceptors (Lipinski definition) is 6. The van der Waals surface area contributed by atoms with Crippen molar-refractivity contribution in [3.63, 3.8) is 0 Å². The van der Waals surface area contributed by atoms with Crippen molar-refractivity contribution in [1.82, 2.24) is 15.3 Å². The van der Waals surface area contributed by atoms with Crippen molar-refractivity contribution in [2.45, 2.75) is 38.0 Å². The van der Waals surface area contributed by atoms with E-state index in [9.17, 15) is 14.6 Å². The van der Waals surface area contributed by atoms with E-state index in [0.29, 0.717) is 32.4 Å². The van der Waals surface area contributed by atoms with Crippen molar-refractivity contribution >= 4 is 0 Å². The van der Waals surface area contributed by atoms with Gasteiger partial charge in [-0.2, -0.15) is 0 Å². The van der Waals surface area contributed by atoms with Crippen molar-refractivity contribution in [3.05, 3.63) is 59.4 Å². The van der Waals surface area contributed by atoms with Gasteiger partial charge in [-0.3, -0.25) is 0 Å². The van der Waals surface area contributed by atoms with Gasteiger partial charge < -0.3 is 20.3 Å². The van der Waals surface area contributed by atoms with Gasteiger partial charge in [0.05, 0.1) is 12.7 Å². The van der Waals surface area contributed by atoms with Gasteiger partial charge in [0, 0.05) is 50.5 Å². The first-order valence-electron chi connectivity index (χ1n) is 9.67. The van der Waals surface area contributed by atoms with Crippen LogP contribution in [-0.2, 0) is 24.1 Å². The summed E-state index contributed by atoms with van der Waals surface area (Å²) in [5.74, 6) is 0.268. The highest BCUT2D eigenvalue weighted by Crippen LogP contribution is 2.34. The summed E-state index contributed by atoms with van der Waals surface area (Å²) in [4.78, 5) is 8.87. The van der Waals surface area contributed by atoms with Crippen LogP contribution in [0.4, 0.5) is 4.39 Å². The normalized spacial score (nSPS) is 24.6. The number of nitrogens with one attached hydrogen (secondary N) is 1. The van der Waals surface area contributed by atoms with Crippen LogP contribution in [-0.4, -0.2) is 52.7 Å². The Kier molecular flexibility index (Phi) is 7.44. The smallest absolute Gasteiger partial charge is 0.130 e. The predicted octanol–water partition coefficient (Wildman–Crippen LogP) is 1.49. The zero-order chi connectivity index (χ0) is 19.9. The minimum atomic E-state index is -0.574. The molecule has 0 saturated heterocycles. The molecule has 1 fully saturated rings. The predicted molar refractivity (Wildman–Crippen MR) is 103 cm³/mol. The molecule has 1 saturated carbocycles. The highest BCUT2D eigenvalue weighted by molar-refractivity contribution is 5.16. The monoisotopic (exact) mass is 389 g/mol. The van der Waals surface area contributed by atoms with Crippen molar-refractivity contribution in [3.8, 4) is 0 Å². The molecular weight excluding hydrogens is 361 g/mol. The number of aliphatic hydroxyl groups excluding tert-OH is 2. The fourth-order valence-electron chi connectivity index (χ4n) is 3.98. The fourth-order valence-corrected chi connectivity index (χ4v) is 3.98. The molecule has 1 aliphatic rings. The molecule has 2 aromatic rings. The average Bonchev–Trinajstić information content (AvgIpc) is 2.99. The third-order valence-corrected chi connectivity index (χ3v) is 5.46. The Morgan fingerprint density at radius 1 is 1.29 bits per heavy atom. The molecule has 152 valence electrons. The molecule has 0 aliphatic heterocycles. The Morgan fingerprint density at radius 3 is 2.89 bits per heavy atom. The molecule has 4 unspecified atom stereocenters. The van der Waals surface area contributed by atoms with Gasteiger partial charge in [-0.05, 0) is 42.5 Å². The summed E-state index contributed by atoms with van der Waals surface area (Å²) >= 11 is 0. The first-order valence-corrected chi connectivity index (χ1v) is 9.67. The number of methoxy groups -OCH3 is 1. The Bertz CT molecular complexity index is 761.